The highest BCUT2D eigenvalue weighted by Crippen LogP contribution is 2.19. The first-order valence-electron chi connectivity index (χ1n) is 8.70. The molecular formula is C19H20F2N2O4S. The summed E-state index contributed by atoms with van der Waals surface area (Å²) in [6.07, 6.45) is 0. The van der Waals surface area contributed by atoms with Gasteiger partial charge in [-0.05, 0) is 31.2 Å². The maximum Gasteiger partial charge on any atom is 0.260 e. The molecule has 0 bridgehead atoms. The highest BCUT2D eigenvalue weighted by molar-refractivity contribution is 7.89. The van der Waals surface area contributed by atoms with Crippen LogP contribution < -0.4 is 4.74 Å². The van der Waals surface area contributed by atoms with Crippen LogP contribution in [0.4, 0.5) is 8.78 Å². The number of piperazine rings is 1. The summed E-state index contributed by atoms with van der Waals surface area (Å²) in [7, 11) is -3.61. The third kappa shape index (κ3) is 4.48. The molecule has 6 nitrogen and oxygen atoms in total. The predicted octanol–water partition coefficient (Wildman–Crippen LogP) is 2.19. The van der Waals surface area contributed by atoms with Crippen LogP contribution in [-0.4, -0.2) is 56.3 Å². The molecule has 0 spiro atoms. The van der Waals surface area contributed by atoms with Crippen molar-refractivity contribution in [3.63, 3.8) is 0 Å². The molecule has 9 heteroatoms. The average Bonchev–Trinajstić information content (AvgIpc) is 2.67. The Hall–Kier alpha value is -2.52. The summed E-state index contributed by atoms with van der Waals surface area (Å²) in [6, 6.07) is 9.42. The number of nitrogens with zero attached hydrogens (tertiary/aromatic N) is 2. The van der Waals surface area contributed by atoms with Crippen molar-refractivity contribution >= 4 is 15.9 Å². The molecule has 0 N–H and O–H groups in total. The van der Waals surface area contributed by atoms with E-state index in [0.29, 0.717) is 6.07 Å². The summed E-state index contributed by atoms with van der Waals surface area (Å²) in [4.78, 5) is 13.9. The zero-order valence-electron chi connectivity index (χ0n) is 15.3. The molecule has 28 heavy (non-hydrogen) atoms. The van der Waals surface area contributed by atoms with Crippen LogP contribution in [0.5, 0.6) is 5.75 Å². The quantitative estimate of drug-likeness (QED) is 0.758. The number of hydrogen-bond acceptors (Lipinski definition) is 4. The Balaban J connectivity index is 1.55. The fourth-order valence-electron chi connectivity index (χ4n) is 2.86. The third-order valence-corrected chi connectivity index (χ3v) is 6.41. The summed E-state index contributed by atoms with van der Waals surface area (Å²) in [6.45, 7) is 2.20. The minimum absolute atomic E-state index is 0.160. The number of sulfonamides is 1. The van der Waals surface area contributed by atoms with E-state index in [2.05, 4.69) is 0 Å². The number of carbonyl (C=O) groups excluding carboxylic acids is 1. The number of rotatable bonds is 5. The van der Waals surface area contributed by atoms with E-state index in [1.165, 1.54) is 9.21 Å². The fraction of sp³-hybridized carbons (Fsp3) is 0.316. The molecule has 2 aromatic rings. The lowest BCUT2D eigenvalue weighted by atomic mass is 10.2. The van der Waals surface area contributed by atoms with Gasteiger partial charge in [0.25, 0.3) is 5.91 Å². The zero-order valence-corrected chi connectivity index (χ0v) is 16.1. The Labute approximate surface area is 162 Å². The molecule has 1 fully saturated rings. The third-order valence-electron chi connectivity index (χ3n) is 4.50. The number of ether oxygens (including phenoxy) is 1. The highest BCUT2D eigenvalue weighted by Gasteiger charge is 2.30. The molecule has 150 valence electrons. The van der Waals surface area contributed by atoms with Gasteiger partial charge < -0.3 is 9.64 Å². The molecule has 0 atom stereocenters. The van der Waals surface area contributed by atoms with Crippen molar-refractivity contribution in [3.05, 3.63) is 59.7 Å². The van der Waals surface area contributed by atoms with Gasteiger partial charge in [0.2, 0.25) is 10.0 Å². The number of amides is 1. The van der Waals surface area contributed by atoms with Crippen LogP contribution in [0.1, 0.15) is 5.56 Å². The summed E-state index contributed by atoms with van der Waals surface area (Å²) < 4.78 is 58.2. The molecule has 1 aliphatic heterocycles. The van der Waals surface area contributed by atoms with Crippen LogP contribution in [0.3, 0.4) is 0 Å². The van der Waals surface area contributed by atoms with E-state index in [4.69, 9.17) is 4.74 Å². The first kappa shape index (κ1) is 20.2. The zero-order chi connectivity index (χ0) is 20.3. The lowest BCUT2D eigenvalue weighted by molar-refractivity contribution is -0.134. The SMILES string of the molecule is Cc1ccc(S(=O)(=O)N2CCN(C(=O)COc3ccc(F)cc3F)CC2)cc1. The maximum absolute atomic E-state index is 13.5. The Morgan fingerprint density at radius 3 is 2.29 bits per heavy atom. The summed E-state index contributed by atoms with van der Waals surface area (Å²) >= 11 is 0. The van der Waals surface area contributed by atoms with Gasteiger partial charge in [-0.2, -0.15) is 4.31 Å². The van der Waals surface area contributed by atoms with Crippen LogP contribution >= 0.6 is 0 Å². The minimum atomic E-state index is -3.61. The van der Waals surface area contributed by atoms with E-state index >= 15 is 0 Å². The standard InChI is InChI=1S/C19H20F2N2O4S/c1-14-2-5-16(6-3-14)28(25,26)23-10-8-22(9-11-23)19(24)13-27-18-7-4-15(20)12-17(18)21/h2-7,12H,8-11,13H2,1H3. The second kappa shape index (κ2) is 8.24. The predicted molar refractivity (Wildman–Crippen MR) is 98.4 cm³/mol. The number of halogens is 2. The summed E-state index contributed by atoms with van der Waals surface area (Å²) in [5.41, 5.74) is 0.965. The van der Waals surface area contributed by atoms with Crippen molar-refractivity contribution < 1.29 is 26.7 Å². The van der Waals surface area contributed by atoms with E-state index in [1.807, 2.05) is 6.92 Å². The molecular weight excluding hydrogens is 390 g/mol. The second-order valence-electron chi connectivity index (χ2n) is 6.46. The number of aryl methyl sites for hydroxylation is 1. The monoisotopic (exact) mass is 410 g/mol. The molecule has 2 aromatic carbocycles. The largest absolute Gasteiger partial charge is 0.481 e. The van der Waals surface area contributed by atoms with Gasteiger partial charge in [-0.1, -0.05) is 17.7 Å². The van der Waals surface area contributed by atoms with Crippen LogP contribution in [-0.2, 0) is 14.8 Å². The Bertz CT molecular complexity index is 956. The maximum atomic E-state index is 13.5. The van der Waals surface area contributed by atoms with Gasteiger partial charge in [-0.3, -0.25) is 4.79 Å². The van der Waals surface area contributed by atoms with E-state index < -0.39 is 34.2 Å². The van der Waals surface area contributed by atoms with Crippen molar-refractivity contribution in [2.45, 2.75) is 11.8 Å². The van der Waals surface area contributed by atoms with Gasteiger partial charge >= 0.3 is 0 Å². The van der Waals surface area contributed by atoms with Gasteiger partial charge in [-0.25, -0.2) is 17.2 Å². The lowest BCUT2D eigenvalue weighted by Crippen LogP contribution is -2.51. The highest BCUT2D eigenvalue weighted by atomic mass is 32.2. The molecule has 1 heterocycles. The van der Waals surface area contributed by atoms with E-state index in [9.17, 15) is 22.0 Å². The summed E-state index contributed by atoms with van der Waals surface area (Å²) in [5.74, 6) is -2.23. The Morgan fingerprint density at radius 1 is 1.04 bits per heavy atom. The molecule has 0 unspecified atom stereocenters. The summed E-state index contributed by atoms with van der Waals surface area (Å²) in [5, 5.41) is 0. The normalized spacial score (nSPS) is 15.5. The number of hydrogen-bond donors (Lipinski definition) is 0. The van der Waals surface area contributed by atoms with Gasteiger partial charge in [0.05, 0.1) is 4.90 Å². The fourth-order valence-corrected chi connectivity index (χ4v) is 4.28. The Morgan fingerprint density at radius 2 is 1.68 bits per heavy atom. The smallest absolute Gasteiger partial charge is 0.260 e. The minimum Gasteiger partial charge on any atom is -0.481 e. The number of benzene rings is 2. The molecule has 3 rings (SSSR count). The first-order valence-corrected chi connectivity index (χ1v) is 10.1. The average molecular weight is 410 g/mol. The lowest BCUT2D eigenvalue weighted by Gasteiger charge is -2.34. The van der Waals surface area contributed by atoms with Gasteiger partial charge in [-0.15, -0.1) is 0 Å². The Kier molecular flexibility index (Phi) is 5.95. The van der Waals surface area contributed by atoms with Crippen LogP contribution in [0.15, 0.2) is 47.4 Å². The van der Waals surface area contributed by atoms with E-state index in [-0.39, 0.29) is 36.8 Å². The van der Waals surface area contributed by atoms with Crippen molar-refractivity contribution in [1.82, 2.24) is 9.21 Å². The number of carbonyl (C=O) groups is 1. The topological polar surface area (TPSA) is 66.9 Å². The van der Waals surface area contributed by atoms with Gasteiger partial charge in [0, 0.05) is 32.2 Å². The van der Waals surface area contributed by atoms with Crippen molar-refractivity contribution in [3.8, 4) is 5.75 Å². The van der Waals surface area contributed by atoms with Gasteiger partial charge in [0.1, 0.15) is 5.82 Å². The van der Waals surface area contributed by atoms with E-state index in [0.717, 1.165) is 17.7 Å². The van der Waals surface area contributed by atoms with Gasteiger partial charge in [0.15, 0.2) is 18.2 Å². The van der Waals surface area contributed by atoms with Crippen molar-refractivity contribution in [2.75, 3.05) is 32.8 Å². The first-order chi connectivity index (χ1) is 13.3. The molecule has 1 saturated heterocycles. The molecule has 0 aromatic heterocycles. The van der Waals surface area contributed by atoms with Crippen LogP contribution in [0, 0.1) is 18.6 Å². The van der Waals surface area contributed by atoms with Crippen molar-refractivity contribution in [1.29, 1.82) is 0 Å². The molecule has 0 aliphatic carbocycles. The second-order valence-corrected chi connectivity index (χ2v) is 8.40. The molecule has 1 aliphatic rings. The molecule has 1 amide bonds. The molecule has 0 saturated carbocycles. The van der Waals surface area contributed by atoms with E-state index in [1.54, 1.807) is 24.3 Å². The van der Waals surface area contributed by atoms with Crippen LogP contribution in [0.2, 0.25) is 0 Å². The molecule has 0 radical (unpaired) electrons. The van der Waals surface area contributed by atoms with Crippen molar-refractivity contribution in [2.24, 2.45) is 0 Å². The van der Waals surface area contributed by atoms with Crippen LogP contribution in [0.25, 0.3) is 0 Å².